The quantitative estimate of drug-likeness (QED) is 0.0574. The van der Waals surface area contributed by atoms with Crippen molar-refractivity contribution in [3.8, 4) is 28.7 Å². The first-order valence-corrected chi connectivity index (χ1v) is 26.6. The molecule has 3 fully saturated rings. The lowest BCUT2D eigenvalue weighted by Gasteiger charge is -2.26. The van der Waals surface area contributed by atoms with Gasteiger partial charge in [-0.05, 0) is 52.2 Å². The molecule has 77 heavy (non-hydrogen) atoms. The van der Waals surface area contributed by atoms with Gasteiger partial charge >= 0.3 is 0 Å². The molecule has 0 N–H and O–H groups in total. The van der Waals surface area contributed by atoms with Crippen LogP contribution >= 0.6 is 0 Å². The Morgan fingerprint density at radius 1 is 0.662 bits per heavy atom. The SMILES string of the molecule is C/C=C1\C[C@H]2C=Nc3cc(OCc4cc(OCCN(CCCC(C)=O)C(=O)CCOCCOCCOCCN5CCOCC5)cc(COc5cc6c(cc5OC)C(=O)N5C/C(=C/C)C[C@H]5C=N6)n4)c(OC)cc3C(=O)N2C1. The molecule has 1 aromatic heterocycles. The van der Waals surface area contributed by atoms with Crippen molar-refractivity contribution < 1.29 is 61.8 Å². The summed E-state index contributed by atoms with van der Waals surface area (Å²) in [4.78, 5) is 75.0. The Morgan fingerprint density at radius 2 is 1.19 bits per heavy atom. The van der Waals surface area contributed by atoms with E-state index in [2.05, 4.69) is 4.90 Å². The molecule has 6 heterocycles. The van der Waals surface area contributed by atoms with Crippen molar-refractivity contribution in [2.45, 2.75) is 78.2 Å². The van der Waals surface area contributed by atoms with Gasteiger partial charge in [0.05, 0.1) is 126 Å². The number of morpholine rings is 1. The standard InChI is InChI=1S/C57H73N7O13/c1-6-40-25-44-33-58-49-31-53(51(69-4)29-47(49)56(67)63(44)35-40)76-37-42-27-46(28-43(60-42)38-77-54-32-50-48(30-52(54)70-5)57(68)64-36-41(7-2)26-45(64)34-59-50)75-20-15-62(11-8-9-39(3)65)55(66)10-16-71-21-23-74-24-22-73-19-14-61-12-17-72-18-13-61/h6-7,27-34,44-45H,8-26,35-38H2,1-5H3/b40-6+,41-7+/t44-,45-/m0/s1. The van der Waals surface area contributed by atoms with Crippen LogP contribution in [0.4, 0.5) is 11.4 Å². The number of nitrogens with zero attached hydrogens (tertiary/aromatic N) is 7. The van der Waals surface area contributed by atoms with Crippen molar-refractivity contribution in [1.29, 1.82) is 0 Å². The third kappa shape index (κ3) is 15.3. The van der Waals surface area contributed by atoms with Gasteiger partial charge in [-0.3, -0.25) is 34.3 Å². The molecular formula is C57H73N7O13. The molecule has 8 rings (SSSR count). The minimum atomic E-state index is -0.141. The van der Waals surface area contributed by atoms with Gasteiger partial charge in [-0.2, -0.15) is 0 Å². The minimum Gasteiger partial charge on any atom is -0.493 e. The number of ether oxygens (including phenoxy) is 9. The van der Waals surface area contributed by atoms with Crippen LogP contribution in [-0.2, 0) is 41.8 Å². The number of carbonyl (C=O) groups is 4. The maximum absolute atomic E-state index is 13.8. The molecule has 5 aliphatic rings. The summed E-state index contributed by atoms with van der Waals surface area (Å²) in [7, 11) is 3.03. The fourth-order valence-electron chi connectivity index (χ4n) is 9.72. The average molecular weight is 1060 g/mol. The highest BCUT2D eigenvalue weighted by Crippen LogP contribution is 2.41. The number of carbonyl (C=O) groups excluding carboxylic acids is 4. The van der Waals surface area contributed by atoms with Crippen molar-refractivity contribution in [3.05, 3.63) is 82.2 Å². The molecule has 0 bridgehead atoms. The molecule has 0 aliphatic carbocycles. The molecule has 20 heteroatoms. The fraction of sp³-hybridized carbons (Fsp3) is 0.526. The maximum Gasteiger partial charge on any atom is 0.257 e. The average Bonchev–Trinajstić information content (AvgIpc) is 4.02. The molecule has 20 nitrogen and oxygen atoms in total. The molecule has 2 atom stereocenters. The Kier molecular flexibility index (Phi) is 20.6. The highest BCUT2D eigenvalue weighted by atomic mass is 16.5. The van der Waals surface area contributed by atoms with E-state index in [1.165, 1.54) is 32.3 Å². The predicted molar refractivity (Wildman–Crippen MR) is 288 cm³/mol. The number of allylic oxidation sites excluding steroid dienone is 2. The number of pyridine rings is 1. The van der Waals surface area contributed by atoms with E-state index in [0.29, 0.717) is 128 Å². The number of aliphatic imine (C=N–C) groups is 2. The summed E-state index contributed by atoms with van der Waals surface area (Å²) in [6, 6.07) is 9.95. The van der Waals surface area contributed by atoms with E-state index in [0.717, 1.165) is 45.7 Å². The Balaban J connectivity index is 0.926. The Labute approximate surface area is 450 Å². The lowest BCUT2D eigenvalue weighted by Crippen LogP contribution is -2.38. The molecule has 0 saturated carbocycles. The van der Waals surface area contributed by atoms with E-state index in [4.69, 9.17) is 57.6 Å². The Morgan fingerprint density at radius 3 is 1.71 bits per heavy atom. The van der Waals surface area contributed by atoms with Gasteiger partial charge in [-0.1, -0.05) is 23.3 Å². The van der Waals surface area contributed by atoms with Crippen LogP contribution in [0.2, 0.25) is 0 Å². The molecule has 2 aromatic carbocycles. The summed E-state index contributed by atoms with van der Waals surface area (Å²) in [5.41, 5.74) is 5.11. The number of amides is 3. The van der Waals surface area contributed by atoms with Crippen LogP contribution < -0.4 is 23.7 Å². The number of rotatable bonds is 28. The monoisotopic (exact) mass is 1060 g/mol. The van der Waals surface area contributed by atoms with Gasteiger partial charge in [-0.15, -0.1) is 0 Å². The number of fused-ring (bicyclic) bond motifs is 4. The zero-order chi connectivity index (χ0) is 54.1. The van der Waals surface area contributed by atoms with E-state index < -0.39 is 0 Å². The van der Waals surface area contributed by atoms with Crippen LogP contribution in [0, 0.1) is 0 Å². The minimum absolute atomic E-state index is 0.0359. The molecular weight excluding hydrogens is 991 g/mol. The van der Waals surface area contributed by atoms with Crippen molar-refractivity contribution in [2.24, 2.45) is 9.98 Å². The number of hydrogen-bond acceptors (Lipinski definition) is 17. The first-order chi connectivity index (χ1) is 37.5. The van der Waals surface area contributed by atoms with Crippen molar-refractivity contribution in [1.82, 2.24) is 24.6 Å². The summed E-state index contributed by atoms with van der Waals surface area (Å²) in [6.45, 7) is 14.0. The van der Waals surface area contributed by atoms with Crippen molar-refractivity contribution >= 4 is 47.3 Å². The molecule has 0 unspecified atom stereocenters. The first-order valence-electron chi connectivity index (χ1n) is 26.6. The molecule has 3 aromatic rings. The first kappa shape index (κ1) is 56.5. The van der Waals surface area contributed by atoms with Crippen molar-refractivity contribution in [2.75, 3.05) is 119 Å². The van der Waals surface area contributed by atoms with Crippen LogP contribution in [0.25, 0.3) is 0 Å². The van der Waals surface area contributed by atoms with Gasteiger partial charge in [0.25, 0.3) is 11.8 Å². The van der Waals surface area contributed by atoms with Gasteiger partial charge < -0.3 is 62.1 Å². The Hall–Kier alpha value is -6.71. The number of benzene rings is 2. The zero-order valence-electron chi connectivity index (χ0n) is 45.1. The van der Waals surface area contributed by atoms with Crippen LogP contribution in [0.1, 0.15) is 85.0 Å². The van der Waals surface area contributed by atoms with E-state index in [1.807, 2.05) is 48.2 Å². The normalized spacial score (nSPS) is 18.9. The second-order valence-electron chi connectivity index (χ2n) is 19.3. The van der Waals surface area contributed by atoms with E-state index in [-0.39, 0.29) is 75.0 Å². The van der Waals surface area contributed by atoms with E-state index >= 15 is 0 Å². The van der Waals surface area contributed by atoms with Gasteiger partial charge in [0.2, 0.25) is 5.91 Å². The van der Waals surface area contributed by atoms with Gasteiger partial charge in [-0.25, -0.2) is 0 Å². The molecule has 0 spiro atoms. The molecule has 414 valence electrons. The molecule has 3 saturated heterocycles. The second-order valence-corrected chi connectivity index (χ2v) is 19.3. The second kappa shape index (κ2) is 28.1. The van der Waals surface area contributed by atoms with Crippen LogP contribution in [-0.4, -0.2) is 192 Å². The van der Waals surface area contributed by atoms with Gasteiger partial charge in [0.1, 0.15) is 31.4 Å². The number of aromatic nitrogens is 1. The number of methoxy groups -OCH3 is 2. The van der Waals surface area contributed by atoms with Crippen LogP contribution in [0.3, 0.4) is 0 Å². The lowest BCUT2D eigenvalue weighted by atomic mass is 10.1. The van der Waals surface area contributed by atoms with Crippen LogP contribution in [0.5, 0.6) is 28.7 Å². The third-order valence-corrected chi connectivity index (χ3v) is 14.1. The third-order valence-electron chi connectivity index (χ3n) is 14.1. The van der Waals surface area contributed by atoms with Crippen LogP contribution in [0.15, 0.2) is 69.7 Å². The maximum atomic E-state index is 13.8. The molecule has 0 radical (unpaired) electrons. The summed E-state index contributed by atoms with van der Waals surface area (Å²) in [6.07, 6.45) is 10.2. The lowest BCUT2D eigenvalue weighted by molar-refractivity contribution is -0.133. The number of ketones is 1. The molecule has 3 amide bonds. The predicted octanol–water partition coefficient (Wildman–Crippen LogP) is 6.36. The largest absolute Gasteiger partial charge is 0.493 e. The highest BCUT2D eigenvalue weighted by Gasteiger charge is 2.36. The molecule has 5 aliphatic heterocycles. The number of Topliss-reactive ketones (excluding diaryl/α,β-unsaturated/α-hetero) is 1. The number of hydrogen-bond donors (Lipinski definition) is 0. The summed E-state index contributed by atoms with van der Waals surface area (Å²) in [5, 5.41) is 0. The topological polar surface area (TPSA) is 202 Å². The summed E-state index contributed by atoms with van der Waals surface area (Å²) in [5.74, 6) is 1.54. The Bertz CT molecular complexity index is 2550. The van der Waals surface area contributed by atoms with Gasteiger partial charge in [0.15, 0.2) is 23.0 Å². The van der Waals surface area contributed by atoms with Crippen molar-refractivity contribution in [3.63, 3.8) is 0 Å². The zero-order valence-corrected chi connectivity index (χ0v) is 45.1. The fourth-order valence-corrected chi connectivity index (χ4v) is 9.72. The summed E-state index contributed by atoms with van der Waals surface area (Å²) >= 11 is 0. The van der Waals surface area contributed by atoms with E-state index in [1.54, 1.807) is 41.3 Å². The smallest absolute Gasteiger partial charge is 0.257 e. The van der Waals surface area contributed by atoms with E-state index in [9.17, 15) is 19.2 Å². The van der Waals surface area contributed by atoms with Gasteiger partial charge in [0, 0.05) is 82.4 Å². The highest BCUT2D eigenvalue weighted by molar-refractivity contribution is 6.05. The summed E-state index contributed by atoms with van der Waals surface area (Å²) < 4.78 is 53.2.